The third-order valence-corrected chi connectivity index (χ3v) is 2.80. The maximum Gasteiger partial charge on any atom is 0.239 e. The van der Waals surface area contributed by atoms with Gasteiger partial charge < -0.3 is 15.8 Å². The monoisotopic (exact) mass is 291 g/mol. The van der Waals surface area contributed by atoms with E-state index < -0.39 is 11.9 Å². The first kappa shape index (κ1) is 16.8. The van der Waals surface area contributed by atoms with Crippen LogP contribution in [-0.4, -0.2) is 25.6 Å². The molecule has 0 aliphatic rings. The zero-order valence-electron chi connectivity index (χ0n) is 12.2. The maximum absolute atomic E-state index is 11.6. The molecule has 0 saturated heterocycles. The van der Waals surface area contributed by atoms with Crippen LogP contribution in [0.5, 0.6) is 5.75 Å². The lowest BCUT2D eigenvalue weighted by Crippen LogP contribution is -2.34. The van der Waals surface area contributed by atoms with Gasteiger partial charge in [0.15, 0.2) is 0 Å². The number of azide groups is 1. The van der Waals surface area contributed by atoms with Crippen molar-refractivity contribution in [3.05, 3.63) is 40.3 Å². The van der Waals surface area contributed by atoms with E-state index >= 15 is 0 Å². The maximum atomic E-state index is 11.6. The van der Waals surface area contributed by atoms with Gasteiger partial charge in [0.2, 0.25) is 5.91 Å². The molecule has 0 radical (unpaired) electrons. The number of rotatable bonds is 10. The SMILES string of the molecule is CCCOc1cccc(C(NCCCN=[N+]=[N-])C(N)=O)c1. The molecule has 0 bridgehead atoms. The summed E-state index contributed by atoms with van der Waals surface area (Å²) in [5, 5.41) is 6.50. The minimum absolute atomic E-state index is 0.384. The Hall–Kier alpha value is -2.24. The summed E-state index contributed by atoms with van der Waals surface area (Å²) in [5.41, 5.74) is 14.4. The fourth-order valence-corrected chi connectivity index (χ4v) is 1.83. The van der Waals surface area contributed by atoms with Gasteiger partial charge in [0.05, 0.1) is 6.61 Å². The lowest BCUT2D eigenvalue weighted by Gasteiger charge is -2.16. The summed E-state index contributed by atoms with van der Waals surface area (Å²) in [6.45, 7) is 3.58. The molecular formula is C14H21N5O2. The van der Waals surface area contributed by atoms with E-state index in [1.807, 2.05) is 31.2 Å². The molecule has 0 aromatic heterocycles. The summed E-state index contributed by atoms with van der Waals surface area (Å²) < 4.78 is 5.55. The highest BCUT2D eigenvalue weighted by atomic mass is 16.5. The number of primary amides is 1. The van der Waals surface area contributed by atoms with Crippen LogP contribution in [0.4, 0.5) is 0 Å². The average Bonchev–Trinajstić information content (AvgIpc) is 2.48. The van der Waals surface area contributed by atoms with Crippen molar-refractivity contribution in [2.45, 2.75) is 25.8 Å². The van der Waals surface area contributed by atoms with Crippen molar-refractivity contribution >= 4 is 5.91 Å². The average molecular weight is 291 g/mol. The van der Waals surface area contributed by atoms with Crippen molar-refractivity contribution in [2.75, 3.05) is 19.7 Å². The number of amides is 1. The van der Waals surface area contributed by atoms with E-state index in [9.17, 15) is 4.79 Å². The number of benzene rings is 1. The van der Waals surface area contributed by atoms with Crippen molar-refractivity contribution in [2.24, 2.45) is 10.8 Å². The zero-order chi connectivity index (χ0) is 15.5. The second-order valence-corrected chi connectivity index (χ2v) is 4.52. The molecule has 1 unspecified atom stereocenters. The number of nitrogens with one attached hydrogen (secondary N) is 1. The van der Waals surface area contributed by atoms with Crippen molar-refractivity contribution < 1.29 is 9.53 Å². The summed E-state index contributed by atoms with van der Waals surface area (Å²) in [6, 6.07) is 6.73. The first-order valence-corrected chi connectivity index (χ1v) is 6.95. The molecule has 21 heavy (non-hydrogen) atoms. The highest BCUT2D eigenvalue weighted by Crippen LogP contribution is 2.19. The molecule has 0 saturated carbocycles. The standard InChI is InChI=1S/C14H21N5O2/c1-2-9-21-12-6-3-5-11(10-12)13(14(15)20)17-7-4-8-18-19-16/h3,5-6,10,13,17H,2,4,7-9H2,1H3,(H2,15,20). The molecule has 3 N–H and O–H groups in total. The first-order valence-electron chi connectivity index (χ1n) is 6.95. The fraction of sp³-hybridized carbons (Fsp3) is 0.500. The summed E-state index contributed by atoms with van der Waals surface area (Å²) in [4.78, 5) is 14.3. The van der Waals surface area contributed by atoms with Crippen LogP contribution in [0.2, 0.25) is 0 Å². The van der Waals surface area contributed by atoms with Crippen LogP contribution in [-0.2, 0) is 4.79 Å². The van der Waals surface area contributed by atoms with Gasteiger partial charge in [-0.3, -0.25) is 4.79 Å². The Morgan fingerprint density at radius 3 is 3.05 bits per heavy atom. The lowest BCUT2D eigenvalue weighted by atomic mass is 10.1. The molecule has 114 valence electrons. The predicted octanol–water partition coefficient (Wildman–Crippen LogP) is 2.29. The minimum Gasteiger partial charge on any atom is -0.494 e. The van der Waals surface area contributed by atoms with Gasteiger partial charge in [0, 0.05) is 11.5 Å². The van der Waals surface area contributed by atoms with Crippen LogP contribution in [0, 0.1) is 0 Å². The van der Waals surface area contributed by atoms with E-state index in [4.69, 9.17) is 16.0 Å². The number of hydrogen-bond acceptors (Lipinski definition) is 4. The van der Waals surface area contributed by atoms with Gasteiger partial charge in [0.1, 0.15) is 11.8 Å². The van der Waals surface area contributed by atoms with Crippen LogP contribution in [0.15, 0.2) is 29.4 Å². The molecule has 0 aliphatic carbocycles. The normalized spacial score (nSPS) is 11.5. The van der Waals surface area contributed by atoms with Crippen molar-refractivity contribution in [3.63, 3.8) is 0 Å². The van der Waals surface area contributed by atoms with Crippen molar-refractivity contribution in [1.82, 2.24) is 5.32 Å². The quantitative estimate of drug-likeness (QED) is 0.298. The summed E-state index contributed by atoms with van der Waals surface area (Å²) in [7, 11) is 0. The third kappa shape index (κ3) is 6.16. The summed E-state index contributed by atoms with van der Waals surface area (Å²) in [6.07, 6.45) is 1.56. The molecule has 1 aromatic rings. The Morgan fingerprint density at radius 1 is 1.57 bits per heavy atom. The second kappa shape index (κ2) is 9.63. The van der Waals surface area contributed by atoms with Gasteiger partial charge >= 0.3 is 0 Å². The topological polar surface area (TPSA) is 113 Å². The highest BCUT2D eigenvalue weighted by Gasteiger charge is 2.17. The Labute approximate surface area is 124 Å². The number of ether oxygens (including phenoxy) is 1. The molecule has 0 aliphatic heterocycles. The Balaban J connectivity index is 2.66. The molecule has 0 fully saturated rings. The van der Waals surface area contributed by atoms with E-state index in [0.29, 0.717) is 26.1 Å². The third-order valence-electron chi connectivity index (χ3n) is 2.80. The Morgan fingerprint density at radius 2 is 2.38 bits per heavy atom. The van der Waals surface area contributed by atoms with Gasteiger partial charge in [-0.05, 0) is 42.6 Å². The summed E-state index contributed by atoms with van der Waals surface area (Å²) in [5.74, 6) is 0.267. The molecule has 7 heteroatoms. The molecule has 7 nitrogen and oxygen atoms in total. The van der Waals surface area contributed by atoms with Crippen molar-refractivity contribution in [1.29, 1.82) is 0 Å². The second-order valence-electron chi connectivity index (χ2n) is 4.52. The molecule has 0 heterocycles. The van der Waals surface area contributed by atoms with Crippen LogP contribution in [0.25, 0.3) is 10.4 Å². The Bertz CT molecular complexity index is 500. The molecular weight excluding hydrogens is 270 g/mol. The molecule has 0 spiro atoms. The van der Waals surface area contributed by atoms with E-state index in [1.165, 1.54) is 0 Å². The predicted molar refractivity (Wildman–Crippen MR) is 80.8 cm³/mol. The first-order chi connectivity index (χ1) is 10.2. The van der Waals surface area contributed by atoms with Gasteiger partial charge in [-0.15, -0.1) is 0 Å². The minimum atomic E-state index is -0.582. The van der Waals surface area contributed by atoms with Crippen LogP contribution in [0.3, 0.4) is 0 Å². The number of nitrogens with two attached hydrogens (primary N) is 1. The van der Waals surface area contributed by atoms with Crippen LogP contribution >= 0.6 is 0 Å². The molecule has 1 amide bonds. The van der Waals surface area contributed by atoms with E-state index in [-0.39, 0.29) is 0 Å². The molecule has 1 aromatic carbocycles. The Kier molecular flexibility index (Phi) is 7.71. The lowest BCUT2D eigenvalue weighted by molar-refractivity contribution is -0.120. The largest absolute Gasteiger partial charge is 0.494 e. The number of carbonyl (C=O) groups is 1. The number of nitrogens with zero attached hydrogens (tertiary/aromatic N) is 3. The van der Waals surface area contributed by atoms with Crippen LogP contribution in [0.1, 0.15) is 31.4 Å². The van der Waals surface area contributed by atoms with Gasteiger partial charge in [-0.1, -0.05) is 24.2 Å². The van der Waals surface area contributed by atoms with E-state index in [2.05, 4.69) is 15.3 Å². The molecule has 1 atom stereocenters. The van der Waals surface area contributed by atoms with Crippen molar-refractivity contribution in [3.8, 4) is 5.75 Å². The smallest absolute Gasteiger partial charge is 0.239 e. The summed E-state index contributed by atoms with van der Waals surface area (Å²) >= 11 is 0. The van der Waals surface area contributed by atoms with E-state index in [0.717, 1.165) is 17.7 Å². The number of carbonyl (C=O) groups excluding carboxylic acids is 1. The van der Waals surface area contributed by atoms with E-state index in [1.54, 1.807) is 0 Å². The van der Waals surface area contributed by atoms with Gasteiger partial charge in [-0.25, -0.2) is 0 Å². The van der Waals surface area contributed by atoms with Gasteiger partial charge in [0.25, 0.3) is 0 Å². The van der Waals surface area contributed by atoms with Crippen LogP contribution < -0.4 is 15.8 Å². The fourth-order valence-electron chi connectivity index (χ4n) is 1.83. The van der Waals surface area contributed by atoms with Gasteiger partial charge in [-0.2, -0.15) is 0 Å². The number of hydrogen-bond donors (Lipinski definition) is 2. The highest BCUT2D eigenvalue weighted by molar-refractivity contribution is 5.81. The molecule has 1 rings (SSSR count). The zero-order valence-corrected chi connectivity index (χ0v) is 12.2.